The molecule has 0 unspecified atom stereocenters. The van der Waals surface area contributed by atoms with Gasteiger partial charge in [0.1, 0.15) is 0 Å². The molecule has 126 valence electrons. The summed E-state index contributed by atoms with van der Waals surface area (Å²) in [5.74, 6) is 0.600. The molecule has 0 aliphatic carbocycles. The first-order chi connectivity index (χ1) is 11.4. The van der Waals surface area contributed by atoms with E-state index in [0.29, 0.717) is 22.2 Å². The fourth-order valence-electron chi connectivity index (χ4n) is 2.02. The van der Waals surface area contributed by atoms with E-state index in [1.807, 2.05) is 13.0 Å². The van der Waals surface area contributed by atoms with Crippen molar-refractivity contribution in [2.45, 2.75) is 18.2 Å². The molecule has 0 N–H and O–H groups in total. The van der Waals surface area contributed by atoms with E-state index in [2.05, 4.69) is 5.16 Å². The maximum absolute atomic E-state index is 12.1. The van der Waals surface area contributed by atoms with Crippen LogP contribution in [0.25, 0.3) is 10.6 Å². The molecular weight excluding hydrogens is 370 g/mol. The zero-order chi connectivity index (χ0) is 17.2. The lowest BCUT2D eigenvalue weighted by molar-refractivity contribution is 0.317. The Morgan fingerprint density at radius 3 is 2.62 bits per heavy atom. The van der Waals surface area contributed by atoms with Crippen molar-refractivity contribution in [3.8, 4) is 10.6 Å². The fourth-order valence-corrected chi connectivity index (χ4v) is 3.92. The molecule has 5 nitrogen and oxygen atoms in total. The number of rotatable bonds is 6. The van der Waals surface area contributed by atoms with Crippen LogP contribution in [0.2, 0.25) is 4.34 Å². The van der Waals surface area contributed by atoms with Crippen LogP contribution in [0.5, 0.6) is 0 Å². The highest BCUT2D eigenvalue weighted by atomic mass is 35.5. The fraction of sp³-hybridized carbons (Fsp3) is 0.188. The minimum absolute atomic E-state index is 0.00657. The molecular formula is C16H14ClNO4S2. The summed E-state index contributed by atoms with van der Waals surface area (Å²) in [7, 11) is -3.76. The van der Waals surface area contributed by atoms with Gasteiger partial charge in [0.15, 0.2) is 5.76 Å². The van der Waals surface area contributed by atoms with Gasteiger partial charge in [-0.05, 0) is 31.2 Å². The van der Waals surface area contributed by atoms with E-state index in [9.17, 15) is 8.42 Å². The number of aryl methyl sites for hydroxylation is 1. The molecule has 0 fully saturated rings. The summed E-state index contributed by atoms with van der Waals surface area (Å²) in [6.07, 6.45) is 0.327. The van der Waals surface area contributed by atoms with E-state index in [0.717, 1.165) is 10.4 Å². The van der Waals surface area contributed by atoms with E-state index in [1.54, 1.807) is 24.3 Å². The molecule has 2 aromatic heterocycles. The minimum atomic E-state index is -3.76. The van der Waals surface area contributed by atoms with Gasteiger partial charge >= 0.3 is 0 Å². The molecule has 24 heavy (non-hydrogen) atoms. The summed E-state index contributed by atoms with van der Waals surface area (Å²) in [5, 5.41) is 3.92. The number of hydrogen-bond donors (Lipinski definition) is 0. The standard InChI is InChI=1S/C16H14ClNO4S2/c1-11-2-4-13(5-3-11)24(19,20)21-9-8-12-10-14(22-18-12)15-6-7-16(17)23-15/h2-7,10H,8-9H2,1H3. The van der Waals surface area contributed by atoms with Crippen LogP contribution in [0.15, 0.2) is 51.9 Å². The second-order valence-corrected chi connectivity index (χ2v) is 8.46. The van der Waals surface area contributed by atoms with Gasteiger partial charge in [0.25, 0.3) is 10.1 Å². The molecule has 0 aliphatic heterocycles. The first-order valence-corrected chi connectivity index (χ1v) is 9.72. The lowest BCUT2D eigenvalue weighted by Crippen LogP contribution is -2.09. The summed E-state index contributed by atoms with van der Waals surface area (Å²) < 4.78 is 35.1. The van der Waals surface area contributed by atoms with E-state index in [4.69, 9.17) is 20.3 Å². The second kappa shape index (κ2) is 7.06. The Morgan fingerprint density at radius 2 is 1.96 bits per heavy atom. The summed E-state index contributed by atoms with van der Waals surface area (Å²) in [6.45, 7) is 1.88. The summed E-state index contributed by atoms with van der Waals surface area (Å²) >= 11 is 7.27. The van der Waals surface area contributed by atoms with Gasteiger partial charge in [-0.15, -0.1) is 11.3 Å². The zero-order valence-corrected chi connectivity index (χ0v) is 15.1. The van der Waals surface area contributed by atoms with Gasteiger partial charge < -0.3 is 4.52 Å². The number of thiophene rings is 1. The summed E-state index contributed by atoms with van der Waals surface area (Å²) in [5.41, 5.74) is 1.60. The summed E-state index contributed by atoms with van der Waals surface area (Å²) in [6, 6.07) is 11.9. The van der Waals surface area contributed by atoms with Crippen LogP contribution in [0, 0.1) is 6.92 Å². The van der Waals surface area contributed by atoms with Gasteiger partial charge in [-0.1, -0.05) is 34.5 Å². The molecule has 0 bridgehead atoms. The van der Waals surface area contributed by atoms with Gasteiger partial charge in [-0.25, -0.2) is 0 Å². The Balaban J connectivity index is 1.60. The third kappa shape index (κ3) is 4.05. The Morgan fingerprint density at radius 1 is 1.21 bits per heavy atom. The smallest absolute Gasteiger partial charge is 0.296 e. The maximum atomic E-state index is 12.1. The molecule has 0 saturated heterocycles. The quantitative estimate of drug-likeness (QED) is 0.593. The predicted molar refractivity (Wildman–Crippen MR) is 92.8 cm³/mol. The van der Waals surface area contributed by atoms with Crippen LogP contribution >= 0.6 is 22.9 Å². The third-order valence-corrected chi connectivity index (χ3v) is 5.85. The third-order valence-electron chi connectivity index (χ3n) is 3.28. The average molecular weight is 384 g/mol. The van der Waals surface area contributed by atoms with E-state index in [1.165, 1.54) is 23.5 Å². The molecule has 2 heterocycles. The zero-order valence-electron chi connectivity index (χ0n) is 12.7. The number of hydrogen-bond acceptors (Lipinski definition) is 6. The van der Waals surface area contributed by atoms with Gasteiger partial charge in [0.2, 0.25) is 0 Å². The highest BCUT2D eigenvalue weighted by molar-refractivity contribution is 7.86. The van der Waals surface area contributed by atoms with E-state index >= 15 is 0 Å². The molecule has 0 aliphatic rings. The molecule has 0 atom stereocenters. The van der Waals surface area contributed by atoms with Crippen LogP contribution < -0.4 is 0 Å². The molecule has 8 heteroatoms. The molecule has 0 amide bonds. The molecule has 0 spiro atoms. The lowest BCUT2D eigenvalue weighted by Gasteiger charge is -2.04. The van der Waals surface area contributed by atoms with E-state index < -0.39 is 10.1 Å². The van der Waals surface area contributed by atoms with Crippen LogP contribution in [0.1, 0.15) is 11.3 Å². The first-order valence-electron chi connectivity index (χ1n) is 7.11. The van der Waals surface area contributed by atoms with Crippen molar-refractivity contribution >= 4 is 33.1 Å². The normalized spacial score (nSPS) is 11.8. The predicted octanol–water partition coefficient (Wildman–Crippen LogP) is 4.31. The molecule has 1 aromatic carbocycles. The first kappa shape index (κ1) is 17.2. The highest BCUT2D eigenvalue weighted by Crippen LogP contribution is 2.31. The van der Waals surface area contributed by atoms with Crippen LogP contribution in [-0.2, 0) is 20.7 Å². The van der Waals surface area contributed by atoms with Crippen LogP contribution in [0.4, 0.5) is 0 Å². The monoisotopic (exact) mass is 383 g/mol. The number of benzene rings is 1. The van der Waals surface area contributed by atoms with Crippen molar-refractivity contribution in [1.29, 1.82) is 0 Å². The van der Waals surface area contributed by atoms with Crippen LogP contribution in [-0.4, -0.2) is 20.2 Å². The largest absolute Gasteiger partial charge is 0.355 e. The number of aromatic nitrogens is 1. The van der Waals surface area contributed by atoms with Gasteiger partial charge in [-0.3, -0.25) is 4.18 Å². The van der Waals surface area contributed by atoms with E-state index in [-0.39, 0.29) is 11.5 Å². The SMILES string of the molecule is Cc1ccc(S(=O)(=O)OCCc2cc(-c3ccc(Cl)s3)on2)cc1. The van der Waals surface area contributed by atoms with Gasteiger partial charge in [-0.2, -0.15) is 8.42 Å². The minimum Gasteiger partial charge on any atom is -0.355 e. The average Bonchev–Trinajstić information content (AvgIpc) is 3.16. The Kier molecular flexibility index (Phi) is 5.05. The second-order valence-electron chi connectivity index (χ2n) is 5.13. The topological polar surface area (TPSA) is 69.4 Å². The summed E-state index contributed by atoms with van der Waals surface area (Å²) in [4.78, 5) is 1.01. The Hall–Kier alpha value is -1.67. The Bertz CT molecular complexity index is 929. The van der Waals surface area contributed by atoms with Gasteiger partial charge in [0.05, 0.1) is 26.4 Å². The van der Waals surface area contributed by atoms with Crippen molar-refractivity contribution in [3.63, 3.8) is 0 Å². The van der Waals surface area contributed by atoms with Crippen molar-refractivity contribution < 1.29 is 17.1 Å². The van der Waals surface area contributed by atoms with Crippen molar-refractivity contribution in [3.05, 3.63) is 58.1 Å². The molecule has 0 saturated carbocycles. The van der Waals surface area contributed by atoms with Crippen molar-refractivity contribution in [2.24, 2.45) is 0 Å². The number of halogens is 1. The molecule has 0 radical (unpaired) electrons. The molecule has 3 rings (SSSR count). The van der Waals surface area contributed by atoms with Crippen LogP contribution in [0.3, 0.4) is 0 Å². The lowest BCUT2D eigenvalue weighted by atomic mass is 10.2. The Labute approximate surface area is 148 Å². The van der Waals surface area contributed by atoms with Crippen molar-refractivity contribution in [2.75, 3.05) is 6.61 Å². The van der Waals surface area contributed by atoms with Gasteiger partial charge in [0, 0.05) is 12.5 Å². The van der Waals surface area contributed by atoms with Crippen molar-refractivity contribution in [1.82, 2.24) is 5.16 Å². The maximum Gasteiger partial charge on any atom is 0.296 e. The molecule has 3 aromatic rings. The number of nitrogens with zero attached hydrogens (tertiary/aromatic N) is 1. The highest BCUT2D eigenvalue weighted by Gasteiger charge is 2.15.